The molecule has 8 nitrogen and oxygen atoms in total. The third-order valence-electron chi connectivity index (χ3n) is 4.35. The lowest BCUT2D eigenvalue weighted by Gasteiger charge is -2.30. The summed E-state index contributed by atoms with van der Waals surface area (Å²) in [5, 5.41) is 1.65. The summed E-state index contributed by atoms with van der Waals surface area (Å²) in [6.45, 7) is 1.41. The van der Waals surface area contributed by atoms with E-state index in [1.54, 1.807) is 12.1 Å². The van der Waals surface area contributed by atoms with Gasteiger partial charge in [0.15, 0.2) is 0 Å². The number of fused-ring (bicyclic) bond motifs is 1. The monoisotopic (exact) mass is 427 g/mol. The highest BCUT2D eigenvalue weighted by Crippen LogP contribution is 2.19. The van der Waals surface area contributed by atoms with Gasteiger partial charge in [-0.3, -0.25) is 9.59 Å². The number of rotatable bonds is 6. The van der Waals surface area contributed by atoms with Gasteiger partial charge in [-0.1, -0.05) is 30.3 Å². The molecule has 2 aromatic rings. The molecule has 28 heavy (non-hydrogen) atoms. The van der Waals surface area contributed by atoms with Crippen molar-refractivity contribution in [3.8, 4) is 0 Å². The summed E-state index contributed by atoms with van der Waals surface area (Å²) in [7, 11) is -4.02. The number of carbonyl (C=O) groups is 2. The summed E-state index contributed by atoms with van der Waals surface area (Å²) < 4.78 is 33.1. The van der Waals surface area contributed by atoms with Crippen LogP contribution in [0.2, 0.25) is 0 Å². The molecular formula is C18H22ClN3O5S. The molecule has 1 atom stereocenters. The maximum absolute atomic E-state index is 12.8. The number of benzene rings is 2. The number of amides is 2. The number of halogens is 1. The van der Waals surface area contributed by atoms with Gasteiger partial charge in [-0.05, 0) is 22.9 Å². The summed E-state index contributed by atoms with van der Waals surface area (Å²) in [5.74, 6) is -1.25. The van der Waals surface area contributed by atoms with Crippen molar-refractivity contribution in [2.45, 2.75) is 17.4 Å². The lowest BCUT2D eigenvalue weighted by Crippen LogP contribution is -2.52. The average Bonchev–Trinajstić information content (AvgIpc) is 2.66. The summed E-state index contributed by atoms with van der Waals surface area (Å²) in [6.07, 6.45) is -0.414. The van der Waals surface area contributed by atoms with Crippen LogP contribution in [-0.2, 0) is 24.3 Å². The van der Waals surface area contributed by atoms with Crippen LogP contribution < -0.4 is 10.5 Å². The third kappa shape index (κ3) is 5.20. The zero-order valence-electron chi connectivity index (χ0n) is 15.0. The van der Waals surface area contributed by atoms with Crippen LogP contribution in [0.15, 0.2) is 47.4 Å². The number of nitrogens with two attached hydrogens (primary N) is 1. The average molecular weight is 428 g/mol. The largest absolute Gasteiger partial charge is 0.378 e. The lowest BCUT2D eigenvalue weighted by molar-refractivity contribution is -0.138. The molecule has 0 aromatic heterocycles. The van der Waals surface area contributed by atoms with Gasteiger partial charge in [-0.2, -0.15) is 4.72 Å². The normalized spacial score (nSPS) is 15.6. The van der Waals surface area contributed by atoms with Crippen LogP contribution in [0.3, 0.4) is 0 Å². The number of hydrogen-bond acceptors (Lipinski definition) is 5. The van der Waals surface area contributed by atoms with Crippen LogP contribution in [0.4, 0.5) is 0 Å². The Morgan fingerprint density at radius 1 is 1.11 bits per heavy atom. The topological polar surface area (TPSA) is 119 Å². The Morgan fingerprint density at radius 2 is 1.75 bits per heavy atom. The molecule has 1 fully saturated rings. The first-order valence-electron chi connectivity index (χ1n) is 8.53. The van der Waals surface area contributed by atoms with Gasteiger partial charge in [0, 0.05) is 13.1 Å². The highest BCUT2D eigenvalue weighted by molar-refractivity contribution is 7.89. The molecule has 0 saturated carbocycles. The van der Waals surface area contributed by atoms with E-state index in [-0.39, 0.29) is 17.3 Å². The fourth-order valence-corrected chi connectivity index (χ4v) is 4.20. The van der Waals surface area contributed by atoms with Crippen LogP contribution in [0, 0.1) is 0 Å². The van der Waals surface area contributed by atoms with Gasteiger partial charge in [0.05, 0.1) is 24.5 Å². The minimum Gasteiger partial charge on any atom is -0.378 e. The smallest absolute Gasteiger partial charge is 0.241 e. The molecule has 152 valence electrons. The van der Waals surface area contributed by atoms with Crippen molar-refractivity contribution >= 4 is 45.0 Å². The highest BCUT2D eigenvalue weighted by Gasteiger charge is 2.31. The second kappa shape index (κ2) is 9.33. The van der Waals surface area contributed by atoms with Crippen molar-refractivity contribution in [3.63, 3.8) is 0 Å². The SMILES string of the molecule is Cl.NC(=O)CC(NS(=O)(=O)c1ccc2ccccc2c1)C(=O)N1CCOCC1. The first-order chi connectivity index (χ1) is 12.9. The van der Waals surface area contributed by atoms with Crippen molar-refractivity contribution < 1.29 is 22.7 Å². The summed E-state index contributed by atoms with van der Waals surface area (Å²) in [6, 6.07) is 10.8. The minimum absolute atomic E-state index is 0. The van der Waals surface area contributed by atoms with Gasteiger partial charge in [-0.25, -0.2) is 8.42 Å². The van der Waals surface area contributed by atoms with Crippen LogP contribution in [0.5, 0.6) is 0 Å². The Kier molecular flexibility index (Phi) is 7.36. The Hall–Kier alpha value is -2.20. The number of hydrogen-bond donors (Lipinski definition) is 2. The summed E-state index contributed by atoms with van der Waals surface area (Å²) in [5.41, 5.74) is 5.22. The standard InChI is InChI=1S/C18H21N3O5S.ClH/c19-17(22)12-16(18(23)21-7-9-26-10-8-21)20-27(24,25)15-6-5-13-3-1-2-4-14(13)11-15;/h1-6,11,16,20H,7-10,12H2,(H2,19,22);1H. The number of sulfonamides is 1. The quantitative estimate of drug-likeness (QED) is 0.701. The van der Waals surface area contributed by atoms with Crippen LogP contribution in [0.25, 0.3) is 10.8 Å². The molecule has 2 amide bonds. The molecule has 0 bridgehead atoms. The Bertz CT molecular complexity index is 961. The number of morpholine rings is 1. The first-order valence-corrected chi connectivity index (χ1v) is 10.0. The fourth-order valence-electron chi connectivity index (χ4n) is 2.97. The molecule has 1 heterocycles. The van der Waals surface area contributed by atoms with Gasteiger partial charge in [0.25, 0.3) is 0 Å². The number of primary amides is 1. The van der Waals surface area contributed by atoms with Crippen molar-refractivity contribution in [1.82, 2.24) is 9.62 Å². The highest BCUT2D eigenvalue weighted by atomic mass is 35.5. The van der Waals surface area contributed by atoms with Crippen molar-refractivity contribution in [2.75, 3.05) is 26.3 Å². The molecule has 3 N–H and O–H groups in total. The second-order valence-electron chi connectivity index (χ2n) is 6.29. The van der Waals surface area contributed by atoms with E-state index in [1.165, 1.54) is 17.0 Å². The van der Waals surface area contributed by atoms with E-state index in [1.807, 2.05) is 18.2 Å². The van der Waals surface area contributed by atoms with E-state index in [0.717, 1.165) is 10.8 Å². The number of nitrogens with zero attached hydrogens (tertiary/aromatic N) is 1. The van der Waals surface area contributed by atoms with Gasteiger partial charge in [0.2, 0.25) is 21.8 Å². The van der Waals surface area contributed by atoms with Crippen LogP contribution in [-0.4, -0.2) is 57.5 Å². The zero-order chi connectivity index (χ0) is 19.4. The van der Waals surface area contributed by atoms with Crippen molar-refractivity contribution in [2.24, 2.45) is 5.73 Å². The molecule has 2 aromatic carbocycles. The van der Waals surface area contributed by atoms with Crippen LogP contribution in [0.1, 0.15) is 6.42 Å². The van der Waals surface area contributed by atoms with Gasteiger partial charge >= 0.3 is 0 Å². The summed E-state index contributed by atoms with van der Waals surface area (Å²) in [4.78, 5) is 25.6. The predicted molar refractivity (Wildman–Crippen MR) is 107 cm³/mol. The van der Waals surface area contributed by atoms with E-state index in [9.17, 15) is 18.0 Å². The maximum atomic E-state index is 12.8. The van der Waals surface area contributed by atoms with E-state index >= 15 is 0 Å². The van der Waals surface area contributed by atoms with E-state index < -0.39 is 34.3 Å². The number of nitrogens with one attached hydrogen (secondary N) is 1. The zero-order valence-corrected chi connectivity index (χ0v) is 16.7. The van der Waals surface area contributed by atoms with E-state index in [2.05, 4.69) is 4.72 Å². The second-order valence-corrected chi connectivity index (χ2v) is 8.00. The first kappa shape index (κ1) is 22.1. The molecule has 1 unspecified atom stereocenters. The molecule has 0 radical (unpaired) electrons. The molecule has 0 spiro atoms. The van der Waals surface area contributed by atoms with E-state index in [0.29, 0.717) is 26.3 Å². The van der Waals surface area contributed by atoms with E-state index in [4.69, 9.17) is 10.5 Å². The Labute approximate surface area is 169 Å². The third-order valence-corrected chi connectivity index (χ3v) is 5.82. The number of ether oxygens (including phenoxy) is 1. The molecule has 0 aliphatic carbocycles. The molecular weight excluding hydrogens is 406 g/mol. The minimum atomic E-state index is -4.02. The van der Waals surface area contributed by atoms with Crippen LogP contribution >= 0.6 is 12.4 Å². The lowest BCUT2D eigenvalue weighted by atomic mass is 10.1. The Morgan fingerprint density at radius 3 is 2.39 bits per heavy atom. The van der Waals surface area contributed by atoms with Crippen molar-refractivity contribution in [1.29, 1.82) is 0 Å². The molecule has 1 aliphatic rings. The van der Waals surface area contributed by atoms with Gasteiger partial charge in [0.1, 0.15) is 6.04 Å². The molecule has 1 aliphatic heterocycles. The van der Waals surface area contributed by atoms with Gasteiger partial charge < -0.3 is 15.4 Å². The Balaban J connectivity index is 0.00000280. The summed E-state index contributed by atoms with van der Waals surface area (Å²) >= 11 is 0. The maximum Gasteiger partial charge on any atom is 0.241 e. The molecule has 10 heteroatoms. The fraction of sp³-hybridized carbons (Fsp3) is 0.333. The van der Waals surface area contributed by atoms with Crippen molar-refractivity contribution in [3.05, 3.63) is 42.5 Å². The predicted octanol–water partition coefficient (Wildman–Crippen LogP) is 0.643. The van der Waals surface area contributed by atoms with Gasteiger partial charge in [-0.15, -0.1) is 12.4 Å². The molecule has 1 saturated heterocycles. The number of carbonyl (C=O) groups excluding carboxylic acids is 2. The molecule has 3 rings (SSSR count).